The van der Waals surface area contributed by atoms with E-state index in [1.807, 2.05) is 23.1 Å². The molecule has 8 nitrogen and oxygen atoms in total. The van der Waals surface area contributed by atoms with Crippen LogP contribution in [-0.4, -0.2) is 74.0 Å². The number of ether oxygens (including phenoxy) is 1. The Hall–Kier alpha value is -2.61. The number of benzene rings is 1. The maximum absolute atomic E-state index is 13.2. The lowest BCUT2D eigenvalue weighted by molar-refractivity contribution is -0.143. The highest BCUT2D eigenvalue weighted by atomic mass is 16.5. The van der Waals surface area contributed by atoms with Gasteiger partial charge in [-0.25, -0.2) is 0 Å². The van der Waals surface area contributed by atoms with E-state index < -0.39 is 12.0 Å². The van der Waals surface area contributed by atoms with E-state index in [1.54, 1.807) is 11.9 Å². The van der Waals surface area contributed by atoms with E-state index in [0.29, 0.717) is 12.1 Å². The molecule has 0 radical (unpaired) electrons. The lowest BCUT2D eigenvalue weighted by atomic mass is 9.79. The molecule has 1 atom stereocenters. The number of rotatable bonds is 4. The predicted molar refractivity (Wildman–Crippen MR) is 121 cm³/mol. The molecule has 174 valence electrons. The fourth-order valence-corrected chi connectivity index (χ4v) is 5.31. The summed E-state index contributed by atoms with van der Waals surface area (Å²) in [6, 6.07) is 4.87. The van der Waals surface area contributed by atoms with Gasteiger partial charge < -0.3 is 25.2 Å². The third-order valence-electron chi connectivity index (χ3n) is 7.24. The van der Waals surface area contributed by atoms with E-state index in [1.165, 1.54) is 20.0 Å². The average molecular weight is 443 g/mol. The van der Waals surface area contributed by atoms with Crippen LogP contribution in [-0.2, 0) is 20.9 Å². The van der Waals surface area contributed by atoms with Crippen molar-refractivity contribution < 1.29 is 19.1 Å². The van der Waals surface area contributed by atoms with Crippen LogP contribution in [0.1, 0.15) is 48.0 Å². The van der Waals surface area contributed by atoms with Crippen molar-refractivity contribution in [2.24, 2.45) is 11.8 Å². The van der Waals surface area contributed by atoms with Gasteiger partial charge in [-0.2, -0.15) is 0 Å². The Bertz CT molecular complexity index is 860. The van der Waals surface area contributed by atoms with Crippen LogP contribution in [0.25, 0.3) is 0 Å². The number of nitrogens with one attached hydrogen (secondary N) is 2. The number of likely N-dealkylation sites (tertiary alicyclic amines) is 1. The number of carbonyl (C=O) groups is 3. The number of piperidine rings is 2. The van der Waals surface area contributed by atoms with Crippen LogP contribution in [0.5, 0.6) is 0 Å². The zero-order valence-electron chi connectivity index (χ0n) is 19.1. The Morgan fingerprint density at radius 2 is 1.78 bits per heavy atom. The SMILES string of the molecule is COC(=O)C[C@H]1Nc2ccc(C(=O)N3CCC(C4CCNCC4)CC3)cc2CN(C)C1=O. The van der Waals surface area contributed by atoms with Crippen molar-refractivity contribution in [2.45, 2.75) is 44.7 Å². The number of hydrogen-bond acceptors (Lipinski definition) is 6. The number of anilines is 1. The molecular weight excluding hydrogens is 408 g/mol. The van der Waals surface area contributed by atoms with Gasteiger partial charge in [0.05, 0.1) is 13.5 Å². The van der Waals surface area contributed by atoms with Gasteiger partial charge in [-0.3, -0.25) is 14.4 Å². The second-order valence-corrected chi connectivity index (χ2v) is 9.26. The summed E-state index contributed by atoms with van der Waals surface area (Å²) in [5.74, 6) is 0.967. The van der Waals surface area contributed by atoms with Gasteiger partial charge in [-0.15, -0.1) is 0 Å². The molecule has 1 aromatic rings. The molecule has 3 heterocycles. The molecule has 2 fully saturated rings. The maximum Gasteiger partial charge on any atom is 0.308 e. The molecule has 0 spiro atoms. The number of fused-ring (bicyclic) bond motifs is 1. The zero-order valence-corrected chi connectivity index (χ0v) is 19.1. The van der Waals surface area contributed by atoms with Crippen LogP contribution >= 0.6 is 0 Å². The van der Waals surface area contributed by atoms with E-state index in [0.717, 1.165) is 62.1 Å². The molecule has 1 aromatic carbocycles. The van der Waals surface area contributed by atoms with Crippen LogP contribution < -0.4 is 10.6 Å². The van der Waals surface area contributed by atoms with Gasteiger partial charge in [0, 0.05) is 37.9 Å². The van der Waals surface area contributed by atoms with Gasteiger partial charge in [0.2, 0.25) is 5.91 Å². The fourth-order valence-electron chi connectivity index (χ4n) is 5.31. The Kier molecular flexibility index (Phi) is 6.98. The maximum atomic E-state index is 13.2. The summed E-state index contributed by atoms with van der Waals surface area (Å²) in [7, 11) is 3.03. The molecule has 3 aliphatic heterocycles. The van der Waals surface area contributed by atoms with Gasteiger partial charge in [-0.05, 0) is 74.4 Å². The standard InChI is InChI=1S/C24H34N4O4/c1-27-15-19-13-18(3-4-20(19)26-21(24(27)31)14-22(29)32-2)23(30)28-11-7-17(8-12-28)16-5-9-25-10-6-16/h3-4,13,16-17,21,25-26H,5-12,14-15H2,1-2H3/t21-/m1/s1. The van der Waals surface area contributed by atoms with Crippen molar-refractivity contribution in [1.82, 2.24) is 15.1 Å². The third kappa shape index (κ3) is 4.90. The predicted octanol–water partition coefficient (Wildman–Crippen LogP) is 1.85. The fraction of sp³-hybridized carbons (Fsp3) is 0.625. The molecule has 2 N–H and O–H groups in total. The van der Waals surface area contributed by atoms with Gasteiger partial charge in [0.15, 0.2) is 0 Å². The number of carbonyl (C=O) groups excluding carboxylic acids is 3. The average Bonchev–Trinajstić information content (AvgIpc) is 2.94. The molecular formula is C24H34N4O4. The smallest absolute Gasteiger partial charge is 0.308 e. The first kappa shape index (κ1) is 22.6. The van der Waals surface area contributed by atoms with Crippen LogP contribution in [0.15, 0.2) is 18.2 Å². The molecule has 2 amide bonds. The number of nitrogens with zero attached hydrogens (tertiary/aromatic N) is 2. The number of methoxy groups -OCH3 is 1. The number of likely N-dealkylation sites (N-methyl/N-ethyl adjacent to an activating group) is 1. The van der Waals surface area contributed by atoms with Crippen molar-refractivity contribution in [3.05, 3.63) is 29.3 Å². The molecule has 0 aliphatic carbocycles. The lowest BCUT2D eigenvalue weighted by Crippen LogP contribution is -2.42. The molecule has 32 heavy (non-hydrogen) atoms. The van der Waals surface area contributed by atoms with Crippen LogP contribution in [0.4, 0.5) is 5.69 Å². The Labute approximate surface area is 189 Å². The number of amides is 2. The summed E-state index contributed by atoms with van der Waals surface area (Å²) < 4.78 is 4.73. The van der Waals surface area contributed by atoms with E-state index in [4.69, 9.17) is 4.74 Å². The normalized spacial score (nSPS) is 22.7. The molecule has 0 aromatic heterocycles. The van der Waals surface area contributed by atoms with E-state index >= 15 is 0 Å². The minimum Gasteiger partial charge on any atom is -0.469 e. The molecule has 0 unspecified atom stereocenters. The quantitative estimate of drug-likeness (QED) is 0.692. The van der Waals surface area contributed by atoms with Crippen LogP contribution in [0, 0.1) is 11.8 Å². The topological polar surface area (TPSA) is 91.0 Å². The van der Waals surface area contributed by atoms with Crippen molar-refractivity contribution in [2.75, 3.05) is 45.7 Å². The van der Waals surface area contributed by atoms with Gasteiger partial charge in [-0.1, -0.05) is 0 Å². The summed E-state index contributed by atoms with van der Waals surface area (Å²) >= 11 is 0. The van der Waals surface area contributed by atoms with Crippen molar-refractivity contribution in [3.8, 4) is 0 Å². The summed E-state index contributed by atoms with van der Waals surface area (Å²) in [4.78, 5) is 41.1. The minimum atomic E-state index is -0.677. The molecule has 4 rings (SSSR count). The van der Waals surface area contributed by atoms with Crippen molar-refractivity contribution in [3.63, 3.8) is 0 Å². The highest BCUT2D eigenvalue weighted by Gasteiger charge is 2.32. The number of hydrogen-bond donors (Lipinski definition) is 2. The Morgan fingerprint density at radius 3 is 2.47 bits per heavy atom. The van der Waals surface area contributed by atoms with Crippen molar-refractivity contribution in [1.29, 1.82) is 0 Å². The first-order valence-electron chi connectivity index (χ1n) is 11.7. The van der Waals surface area contributed by atoms with E-state index in [9.17, 15) is 14.4 Å². The monoisotopic (exact) mass is 442 g/mol. The van der Waals surface area contributed by atoms with Gasteiger partial charge >= 0.3 is 5.97 Å². The van der Waals surface area contributed by atoms with Gasteiger partial charge in [0.1, 0.15) is 6.04 Å². The lowest BCUT2D eigenvalue weighted by Gasteiger charge is -2.37. The highest BCUT2D eigenvalue weighted by Crippen LogP contribution is 2.32. The first-order valence-corrected chi connectivity index (χ1v) is 11.7. The molecule has 2 saturated heterocycles. The van der Waals surface area contributed by atoms with E-state index in [-0.39, 0.29) is 18.2 Å². The summed E-state index contributed by atoms with van der Waals surface area (Å²) in [5.41, 5.74) is 2.31. The zero-order chi connectivity index (χ0) is 22.7. The van der Waals surface area contributed by atoms with Crippen molar-refractivity contribution >= 4 is 23.5 Å². The highest BCUT2D eigenvalue weighted by molar-refractivity contribution is 5.96. The molecule has 0 bridgehead atoms. The summed E-state index contributed by atoms with van der Waals surface area (Å²) in [6.07, 6.45) is 4.62. The number of esters is 1. The largest absolute Gasteiger partial charge is 0.469 e. The Balaban J connectivity index is 1.42. The first-order chi connectivity index (χ1) is 15.5. The summed E-state index contributed by atoms with van der Waals surface area (Å²) in [6.45, 7) is 4.23. The second-order valence-electron chi connectivity index (χ2n) is 9.26. The molecule has 0 saturated carbocycles. The minimum absolute atomic E-state index is 0.0359. The van der Waals surface area contributed by atoms with Gasteiger partial charge in [0.25, 0.3) is 5.91 Å². The Morgan fingerprint density at radius 1 is 1.09 bits per heavy atom. The van der Waals surface area contributed by atoms with Crippen LogP contribution in [0.2, 0.25) is 0 Å². The summed E-state index contributed by atoms with van der Waals surface area (Å²) in [5, 5.41) is 6.61. The third-order valence-corrected chi connectivity index (χ3v) is 7.24. The second kappa shape index (κ2) is 9.90. The molecule has 3 aliphatic rings. The molecule has 8 heteroatoms. The van der Waals surface area contributed by atoms with Crippen LogP contribution in [0.3, 0.4) is 0 Å². The van der Waals surface area contributed by atoms with E-state index in [2.05, 4.69) is 10.6 Å².